The second kappa shape index (κ2) is 6.07. The van der Waals surface area contributed by atoms with Crippen molar-refractivity contribution in [1.82, 2.24) is 19.9 Å². The zero-order valence-corrected chi connectivity index (χ0v) is 13.2. The third kappa shape index (κ3) is 3.06. The Morgan fingerprint density at radius 1 is 1.43 bits per heavy atom. The Morgan fingerprint density at radius 2 is 2.19 bits per heavy atom. The first-order chi connectivity index (χ1) is 10.1. The van der Waals surface area contributed by atoms with Crippen LogP contribution in [0.3, 0.4) is 0 Å². The van der Waals surface area contributed by atoms with E-state index in [2.05, 4.69) is 20.3 Å². The molecule has 1 amide bonds. The van der Waals surface area contributed by atoms with Gasteiger partial charge in [0, 0.05) is 36.3 Å². The quantitative estimate of drug-likeness (QED) is 0.853. The predicted molar refractivity (Wildman–Crippen MR) is 81.8 cm³/mol. The number of thiazole rings is 1. The number of nitrogens with zero attached hydrogens (tertiary/aromatic N) is 4. The van der Waals surface area contributed by atoms with Crippen molar-refractivity contribution in [1.29, 1.82) is 0 Å². The minimum atomic E-state index is -0.115. The van der Waals surface area contributed by atoms with Crippen LogP contribution < -0.4 is 0 Å². The Bertz CT molecular complexity index is 652. The number of hydrogen-bond donors (Lipinski definition) is 0. The van der Waals surface area contributed by atoms with E-state index < -0.39 is 0 Å². The molecule has 0 radical (unpaired) electrons. The van der Waals surface area contributed by atoms with Crippen LogP contribution in [0, 0.1) is 6.92 Å². The SMILES string of the molecule is Cc1csc(C2CCN(C(=O)c3ncncc3Cl)CC2)n1. The van der Waals surface area contributed by atoms with Crippen molar-refractivity contribution in [2.45, 2.75) is 25.7 Å². The van der Waals surface area contributed by atoms with Gasteiger partial charge in [0.15, 0.2) is 0 Å². The van der Waals surface area contributed by atoms with E-state index in [4.69, 9.17) is 11.6 Å². The largest absolute Gasteiger partial charge is 0.337 e. The summed E-state index contributed by atoms with van der Waals surface area (Å²) >= 11 is 7.69. The Morgan fingerprint density at radius 3 is 2.81 bits per heavy atom. The molecule has 7 heteroatoms. The molecule has 0 N–H and O–H groups in total. The zero-order valence-electron chi connectivity index (χ0n) is 11.6. The third-order valence-corrected chi connectivity index (χ3v) is 5.04. The summed E-state index contributed by atoms with van der Waals surface area (Å²) in [5.41, 5.74) is 1.36. The number of amides is 1. The first-order valence-electron chi connectivity index (χ1n) is 6.82. The second-order valence-corrected chi connectivity index (χ2v) is 6.41. The Hall–Kier alpha value is -1.53. The molecule has 0 aliphatic carbocycles. The minimum absolute atomic E-state index is 0.115. The van der Waals surface area contributed by atoms with Gasteiger partial charge in [-0.2, -0.15) is 0 Å². The molecule has 1 fully saturated rings. The summed E-state index contributed by atoms with van der Waals surface area (Å²) in [6, 6.07) is 0. The maximum absolute atomic E-state index is 12.4. The van der Waals surface area contributed by atoms with Crippen molar-refractivity contribution in [3.63, 3.8) is 0 Å². The van der Waals surface area contributed by atoms with E-state index in [0.29, 0.717) is 24.0 Å². The number of aromatic nitrogens is 3. The Labute approximate surface area is 132 Å². The smallest absolute Gasteiger partial charge is 0.274 e. The van der Waals surface area contributed by atoms with E-state index in [-0.39, 0.29) is 11.6 Å². The van der Waals surface area contributed by atoms with Crippen LogP contribution in [0.1, 0.15) is 39.9 Å². The van der Waals surface area contributed by atoms with Crippen LogP contribution in [-0.4, -0.2) is 38.8 Å². The predicted octanol–water partition coefficient (Wildman–Crippen LogP) is 2.91. The molecule has 5 nitrogen and oxygen atoms in total. The van der Waals surface area contributed by atoms with E-state index in [1.165, 1.54) is 17.5 Å². The molecule has 110 valence electrons. The van der Waals surface area contributed by atoms with Gasteiger partial charge in [-0.1, -0.05) is 11.6 Å². The molecule has 0 saturated carbocycles. The molecule has 0 unspecified atom stereocenters. The highest BCUT2D eigenvalue weighted by Crippen LogP contribution is 2.30. The van der Waals surface area contributed by atoms with Crippen molar-refractivity contribution in [2.24, 2.45) is 0 Å². The van der Waals surface area contributed by atoms with E-state index in [9.17, 15) is 4.79 Å². The van der Waals surface area contributed by atoms with Gasteiger partial charge in [0.25, 0.3) is 5.91 Å². The highest BCUT2D eigenvalue weighted by molar-refractivity contribution is 7.09. The summed E-state index contributed by atoms with van der Waals surface area (Å²) in [6.45, 7) is 3.43. The van der Waals surface area contributed by atoms with Crippen LogP contribution in [0.15, 0.2) is 17.9 Å². The van der Waals surface area contributed by atoms with E-state index in [1.54, 1.807) is 11.3 Å². The minimum Gasteiger partial charge on any atom is -0.337 e. The van der Waals surface area contributed by atoms with Crippen LogP contribution in [0.25, 0.3) is 0 Å². The van der Waals surface area contributed by atoms with Crippen LogP contribution >= 0.6 is 22.9 Å². The average molecular weight is 323 g/mol. The van der Waals surface area contributed by atoms with Crippen LogP contribution in [0.4, 0.5) is 0 Å². The topological polar surface area (TPSA) is 59.0 Å². The van der Waals surface area contributed by atoms with E-state index in [1.807, 2.05) is 11.8 Å². The third-order valence-electron chi connectivity index (χ3n) is 3.64. The van der Waals surface area contributed by atoms with Gasteiger partial charge in [-0.3, -0.25) is 4.79 Å². The lowest BCUT2D eigenvalue weighted by Crippen LogP contribution is -2.38. The summed E-state index contributed by atoms with van der Waals surface area (Å²) in [5.74, 6) is 0.338. The number of rotatable bonds is 2. The molecular formula is C14H15ClN4OS. The summed E-state index contributed by atoms with van der Waals surface area (Å²) < 4.78 is 0. The van der Waals surface area contributed by atoms with Crippen molar-refractivity contribution < 1.29 is 4.79 Å². The normalized spacial score (nSPS) is 16.2. The monoisotopic (exact) mass is 322 g/mol. The molecule has 2 aromatic rings. The number of hydrogen-bond acceptors (Lipinski definition) is 5. The maximum atomic E-state index is 12.4. The van der Waals surface area contributed by atoms with Gasteiger partial charge in [-0.25, -0.2) is 15.0 Å². The van der Waals surface area contributed by atoms with Crippen molar-refractivity contribution in [2.75, 3.05) is 13.1 Å². The molecular weight excluding hydrogens is 308 g/mol. The van der Waals surface area contributed by atoms with Gasteiger partial charge < -0.3 is 4.90 Å². The number of carbonyl (C=O) groups excluding carboxylic acids is 1. The lowest BCUT2D eigenvalue weighted by atomic mass is 9.97. The number of aryl methyl sites for hydroxylation is 1. The highest BCUT2D eigenvalue weighted by Gasteiger charge is 2.27. The first kappa shape index (κ1) is 14.4. The van der Waals surface area contributed by atoms with Crippen molar-refractivity contribution in [3.05, 3.63) is 39.3 Å². The fourth-order valence-corrected chi connectivity index (χ4v) is 3.66. The fourth-order valence-electron chi connectivity index (χ4n) is 2.51. The molecule has 1 aliphatic heterocycles. The van der Waals surface area contributed by atoms with Crippen molar-refractivity contribution in [3.8, 4) is 0 Å². The van der Waals surface area contributed by atoms with Crippen LogP contribution in [0.5, 0.6) is 0 Å². The van der Waals surface area contributed by atoms with Gasteiger partial charge in [0.1, 0.15) is 12.0 Å². The molecule has 1 saturated heterocycles. The molecule has 3 heterocycles. The van der Waals surface area contributed by atoms with Gasteiger partial charge in [-0.15, -0.1) is 11.3 Å². The van der Waals surface area contributed by atoms with Gasteiger partial charge in [0.05, 0.1) is 10.0 Å². The molecule has 0 spiro atoms. The second-order valence-electron chi connectivity index (χ2n) is 5.11. The molecule has 0 bridgehead atoms. The van der Waals surface area contributed by atoms with Gasteiger partial charge in [-0.05, 0) is 19.8 Å². The Balaban J connectivity index is 1.66. The number of likely N-dealkylation sites (tertiary alicyclic amines) is 1. The number of piperidine rings is 1. The molecule has 21 heavy (non-hydrogen) atoms. The molecule has 0 aromatic carbocycles. The van der Waals surface area contributed by atoms with Gasteiger partial charge >= 0.3 is 0 Å². The molecule has 3 rings (SSSR count). The lowest BCUT2D eigenvalue weighted by Gasteiger charge is -2.31. The molecule has 2 aromatic heterocycles. The fraction of sp³-hybridized carbons (Fsp3) is 0.429. The van der Waals surface area contributed by atoms with E-state index >= 15 is 0 Å². The zero-order chi connectivity index (χ0) is 14.8. The van der Waals surface area contributed by atoms with Gasteiger partial charge in [0.2, 0.25) is 0 Å². The molecule has 0 atom stereocenters. The van der Waals surface area contributed by atoms with Crippen LogP contribution in [-0.2, 0) is 0 Å². The number of halogens is 1. The first-order valence-corrected chi connectivity index (χ1v) is 8.07. The van der Waals surface area contributed by atoms with Crippen LogP contribution in [0.2, 0.25) is 5.02 Å². The highest BCUT2D eigenvalue weighted by atomic mass is 35.5. The lowest BCUT2D eigenvalue weighted by molar-refractivity contribution is 0.0707. The summed E-state index contributed by atoms with van der Waals surface area (Å²) in [4.78, 5) is 26.6. The maximum Gasteiger partial charge on any atom is 0.274 e. The standard InChI is InChI=1S/C14H15ClN4OS/c1-9-7-21-13(18-9)10-2-4-19(5-3-10)14(20)12-11(15)6-16-8-17-12/h6-8,10H,2-5H2,1H3. The Kier molecular flexibility index (Phi) is 4.17. The molecule has 1 aliphatic rings. The average Bonchev–Trinajstić information content (AvgIpc) is 2.94. The van der Waals surface area contributed by atoms with E-state index in [0.717, 1.165) is 18.5 Å². The number of carbonyl (C=O) groups is 1. The van der Waals surface area contributed by atoms with Crippen molar-refractivity contribution >= 4 is 28.8 Å². The summed E-state index contributed by atoms with van der Waals surface area (Å²) in [7, 11) is 0. The summed E-state index contributed by atoms with van der Waals surface area (Å²) in [5, 5.41) is 3.56. The summed E-state index contributed by atoms with van der Waals surface area (Å²) in [6.07, 6.45) is 4.67.